The molecule has 0 aliphatic carbocycles. The molecule has 0 unspecified atom stereocenters. The SMILES string of the molecule is Nc1ccc(-n2nccc2NC(=O)CCC(F)(F)F)cc1. The van der Waals surface area contributed by atoms with Gasteiger partial charge in [0.2, 0.25) is 5.91 Å². The van der Waals surface area contributed by atoms with Crippen molar-refractivity contribution in [3.8, 4) is 5.69 Å². The van der Waals surface area contributed by atoms with E-state index in [0.29, 0.717) is 17.2 Å². The van der Waals surface area contributed by atoms with Crippen molar-refractivity contribution in [2.45, 2.75) is 19.0 Å². The van der Waals surface area contributed by atoms with E-state index in [1.165, 1.54) is 16.9 Å². The summed E-state index contributed by atoms with van der Waals surface area (Å²) in [4.78, 5) is 11.5. The van der Waals surface area contributed by atoms with Crippen LogP contribution in [-0.2, 0) is 4.79 Å². The Bertz CT molecular complexity index is 619. The van der Waals surface area contributed by atoms with E-state index < -0.39 is 24.9 Å². The van der Waals surface area contributed by atoms with Crippen molar-refractivity contribution in [3.63, 3.8) is 0 Å². The van der Waals surface area contributed by atoms with E-state index in [2.05, 4.69) is 10.4 Å². The van der Waals surface area contributed by atoms with Crippen LogP contribution in [-0.4, -0.2) is 21.9 Å². The first-order valence-corrected chi connectivity index (χ1v) is 6.12. The van der Waals surface area contributed by atoms with Crippen molar-refractivity contribution < 1.29 is 18.0 Å². The van der Waals surface area contributed by atoms with Crippen LogP contribution in [0.1, 0.15) is 12.8 Å². The Morgan fingerprint density at radius 3 is 2.52 bits per heavy atom. The van der Waals surface area contributed by atoms with Crippen molar-refractivity contribution in [1.29, 1.82) is 0 Å². The summed E-state index contributed by atoms with van der Waals surface area (Å²) in [6.07, 6.45) is -4.70. The number of hydrogen-bond acceptors (Lipinski definition) is 3. The highest BCUT2D eigenvalue weighted by molar-refractivity contribution is 5.90. The van der Waals surface area contributed by atoms with E-state index >= 15 is 0 Å². The molecule has 5 nitrogen and oxygen atoms in total. The molecule has 1 amide bonds. The van der Waals surface area contributed by atoms with Gasteiger partial charge in [0, 0.05) is 18.2 Å². The Hall–Kier alpha value is -2.51. The molecule has 1 aromatic carbocycles. The molecule has 1 heterocycles. The van der Waals surface area contributed by atoms with Gasteiger partial charge in [-0.05, 0) is 24.3 Å². The Balaban J connectivity index is 2.07. The third kappa shape index (κ3) is 4.23. The van der Waals surface area contributed by atoms with Gasteiger partial charge in [0.15, 0.2) is 0 Å². The molecule has 3 N–H and O–H groups in total. The topological polar surface area (TPSA) is 72.9 Å². The highest BCUT2D eigenvalue weighted by Gasteiger charge is 2.28. The lowest BCUT2D eigenvalue weighted by molar-refractivity contribution is -0.142. The van der Waals surface area contributed by atoms with E-state index in [1.807, 2.05) is 0 Å². The summed E-state index contributed by atoms with van der Waals surface area (Å²) < 4.78 is 37.6. The van der Waals surface area contributed by atoms with Gasteiger partial charge in [-0.15, -0.1) is 0 Å². The van der Waals surface area contributed by atoms with Gasteiger partial charge in [-0.2, -0.15) is 18.3 Å². The molecule has 0 spiro atoms. The molecule has 0 aliphatic rings. The van der Waals surface area contributed by atoms with Crippen molar-refractivity contribution in [1.82, 2.24) is 9.78 Å². The van der Waals surface area contributed by atoms with Gasteiger partial charge >= 0.3 is 6.18 Å². The highest BCUT2D eigenvalue weighted by Crippen LogP contribution is 2.22. The van der Waals surface area contributed by atoms with Crippen LogP contribution >= 0.6 is 0 Å². The van der Waals surface area contributed by atoms with Gasteiger partial charge in [0.25, 0.3) is 0 Å². The zero-order valence-electron chi connectivity index (χ0n) is 10.9. The monoisotopic (exact) mass is 298 g/mol. The van der Waals surface area contributed by atoms with E-state index in [9.17, 15) is 18.0 Å². The zero-order valence-corrected chi connectivity index (χ0v) is 10.9. The summed E-state index contributed by atoms with van der Waals surface area (Å²) in [7, 11) is 0. The number of alkyl halides is 3. The molecule has 1 aromatic heterocycles. The number of rotatable bonds is 4. The molecule has 0 atom stereocenters. The number of nitrogens with zero attached hydrogens (tertiary/aromatic N) is 2. The first kappa shape index (κ1) is 14.9. The van der Waals surface area contributed by atoms with E-state index in [0.717, 1.165) is 0 Å². The van der Waals surface area contributed by atoms with Gasteiger partial charge in [0.05, 0.1) is 18.3 Å². The van der Waals surface area contributed by atoms with Crippen LogP contribution < -0.4 is 11.1 Å². The highest BCUT2D eigenvalue weighted by atomic mass is 19.4. The third-order valence-corrected chi connectivity index (χ3v) is 2.68. The zero-order chi connectivity index (χ0) is 15.5. The second kappa shape index (κ2) is 5.86. The number of hydrogen-bond donors (Lipinski definition) is 2. The lowest BCUT2D eigenvalue weighted by Crippen LogP contribution is -2.18. The second-order valence-electron chi connectivity index (χ2n) is 4.38. The molecule has 112 valence electrons. The minimum Gasteiger partial charge on any atom is -0.399 e. The predicted molar refractivity (Wildman–Crippen MR) is 71.9 cm³/mol. The van der Waals surface area contributed by atoms with Crippen molar-refractivity contribution in [3.05, 3.63) is 36.5 Å². The van der Waals surface area contributed by atoms with Gasteiger partial charge in [-0.3, -0.25) is 4.79 Å². The fraction of sp³-hybridized carbons (Fsp3) is 0.231. The molecular formula is C13H13F3N4O. The third-order valence-electron chi connectivity index (χ3n) is 2.68. The summed E-state index contributed by atoms with van der Waals surface area (Å²) in [5.74, 6) is -0.420. The number of carbonyl (C=O) groups is 1. The van der Waals surface area contributed by atoms with E-state index in [4.69, 9.17) is 5.73 Å². The Kier molecular flexibility index (Phi) is 4.15. The average molecular weight is 298 g/mol. The van der Waals surface area contributed by atoms with Crippen LogP contribution in [0.4, 0.5) is 24.7 Å². The molecule has 0 fully saturated rings. The lowest BCUT2D eigenvalue weighted by Gasteiger charge is -2.10. The smallest absolute Gasteiger partial charge is 0.389 e. The fourth-order valence-electron chi connectivity index (χ4n) is 1.68. The summed E-state index contributed by atoms with van der Waals surface area (Å²) in [5, 5.41) is 6.42. The molecule has 2 aromatic rings. The number of nitrogens with two attached hydrogens (primary N) is 1. The maximum absolute atomic E-state index is 12.1. The largest absolute Gasteiger partial charge is 0.399 e. The number of benzene rings is 1. The fourth-order valence-corrected chi connectivity index (χ4v) is 1.68. The van der Waals surface area contributed by atoms with Gasteiger partial charge in [0.1, 0.15) is 5.82 Å². The molecule has 0 radical (unpaired) electrons. The van der Waals surface area contributed by atoms with Gasteiger partial charge < -0.3 is 11.1 Å². The lowest BCUT2D eigenvalue weighted by atomic mass is 10.3. The van der Waals surface area contributed by atoms with Crippen LogP contribution in [0.5, 0.6) is 0 Å². The predicted octanol–water partition coefficient (Wildman–Crippen LogP) is 2.74. The minimum atomic E-state index is -4.35. The van der Waals surface area contributed by atoms with Gasteiger partial charge in [-0.25, -0.2) is 4.68 Å². The van der Waals surface area contributed by atoms with Crippen LogP contribution in [0, 0.1) is 0 Å². The Morgan fingerprint density at radius 2 is 1.90 bits per heavy atom. The average Bonchev–Trinajstić information content (AvgIpc) is 2.85. The van der Waals surface area contributed by atoms with Crippen LogP contribution in [0.3, 0.4) is 0 Å². The molecule has 2 rings (SSSR count). The Labute approximate surface area is 118 Å². The molecule has 21 heavy (non-hydrogen) atoms. The first-order chi connectivity index (χ1) is 9.85. The summed E-state index contributed by atoms with van der Waals surface area (Å²) in [5.41, 5.74) is 6.78. The first-order valence-electron chi connectivity index (χ1n) is 6.12. The molecule has 8 heteroatoms. The van der Waals surface area contributed by atoms with Crippen LogP contribution in [0.15, 0.2) is 36.5 Å². The van der Waals surface area contributed by atoms with Crippen molar-refractivity contribution >= 4 is 17.4 Å². The number of anilines is 2. The van der Waals surface area contributed by atoms with Gasteiger partial charge in [-0.1, -0.05) is 0 Å². The molecule has 0 bridgehead atoms. The van der Waals surface area contributed by atoms with Crippen LogP contribution in [0.2, 0.25) is 0 Å². The maximum atomic E-state index is 12.1. The van der Waals surface area contributed by atoms with E-state index in [1.54, 1.807) is 24.3 Å². The summed E-state index contributed by atoms with van der Waals surface area (Å²) in [6, 6.07) is 8.20. The number of aromatic nitrogens is 2. The summed E-state index contributed by atoms with van der Waals surface area (Å²) >= 11 is 0. The quantitative estimate of drug-likeness (QED) is 0.852. The molecule has 0 saturated heterocycles. The maximum Gasteiger partial charge on any atom is 0.389 e. The number of amides is 1. The molecular weight excluding hydrogens is 285 g/mol. The second-order valence-corrected chi connectivity index (χ2v) is 4.38. The Morgan fingerprint density at radius 1 is 1.24 bits per heavy atom. The standard InChI is InChI=1S/C13H13F3N4O/c14-13(15,16)7-5-12(21)19-11-6-8-18-20(11)10-3-1-9(17)2-4-10/h1-4,6,8H,5,7,17H2,(H,19,21). The number of nitrogens with one attached hydrogen (secondary N) is 1. The van der Waals surface area contributed by atoms with Crippen LogP contribution in [0.25, 0.3) is 5.69 Å². The number of nitrogen functional groups attached to an aromatic ring is 1. The van der Waals surface area contributed by atoms with E-state index in [-0.39, 0.29) is 0 Å². The van der Waals surface area contributed by atoms with Crippen molar-refractivity contribution in [2.24, 2.45) is 0 Å². The summed E-state index contributed by atoms with van der Waals surface area (Å²) in [6.45, 7) is 0. The molecule has 0 saturated carbocycles. The normalized spacial score (nSPS) is 11.4. The number of halogens is 3. The minimum absolute atomic E-state index is 0.298. The number of carbonyl (C=O) groups excluding carboxylic acids is 1. The van der Waals surface area contributed by atoms with Crippen molar-refractivity contribution in [2.75, 3.05) is 11.1 Å². The molecule has 0 aliphatic heterocycles.